The first kappa shape index (κ1) is 34.2. The van der Waals surface area contributed by atoms with Crippen LogP contribution in [-0.2, 0) is 6.42 Å². The van der Waals surface area contributed by atoms with Gasteiger partial charge >= 0.3 is 12.1 Å². The Balaban J connectivity index is 1.12. The molecule has 0 aromatic heterocycles. The van der Waals surface area contributed by atoms with Crippen LogP contribution in [0.2, 0.25) is 0 Å². The van der Waals surface area contributed by atoms with Gasteiger partial charge in [0, 0.05) is 29.5 Å². The first-order valence-corrected chi connectivity index (χ1v) is 17.7. The lowest BCUT2D eigenvalue weighted by Gasteiger charge is -2.56. The lowest BCUT2D eigenvalue weighted by molar-refractivity contribution is -0.284. The molecule has 1 aromatic rings. The fourth-order valence-corrected chi connectivity index (χ4v) is 10.5. The van der Waals surface area contributed by atoms with Gasteiger partial charge in [-0.25, -0.2) is 4.39 Å². The molecule has 1 saturated heterocycles. The van der Waals surface area contributed by atoms with Crippen LogP contribution in [0.1, 0.15) is 102 Å². The van der Waals surface area contributed by atoms with Gasteiger partial charge in [-0.15, -0.1) is 0 Å². The summed E-state index contributed by atoms with van der Waals surface area (Å²) in [5, 5.41) is 21.5. The van der Waals surface area contributed by atoms with Crippen LogP contribution in [0.25, 0.3) is 0 Å². The van der Waals surface area contributed by atoms with E-state index in [1.54, 1.807) is 6.07 Å². The molecule has 0 amide bonds. The van der Waals surface area contributed by atoms with Crippen LogP contribution in [0, 0.1) is 23.2 Å². The molecule has 0 radical (unpaired) electrons. The third-order valence-electron chi connectivity index (χ3n) is 11.9. The number of likely N-dealkylation sites (tertiary alicyclic amines) is 1. The molecule has 5 rings (SSSR count). The van der Waals surface area contributed by atoms with E-state index < -0.39 is 35.7 Å². The minimum Gasteiger partial charge on any atom is -0.508 e. The van der Waals surface area contributed by atoms with Gasteiger partial charge in [0.1, 0.15) is 11.9 Å². The highest BCUT2D eigenvalue weighted by molar-refractivity contribution is 7.99. The molecule has 10 heteroatoms. The number of halogens is 6. The third-order valence-corrected chi connectivity index (χ3v) is 13.1. The maximum atomic E-state index is 16.1. The van der Waals surface area contributed by atoms with Crippen LogP contribution < -0.4 is 0 Å². The second-order valence-electron chi connectivity index (χ2n) is 14.6. The molecule has 3 fully saturated rings. The Morgan fingerprint density at radius 1 is 1.05 bits per heavy atom. The molecule has 3 aliphatic carbocycles. The minimum atomic E-state index is -5.48. The van der Waals surface area contributed by atoms with Crippen molar-refractivity contribution in [1.82, 2.24) is 4.90 Å². The number of phenolic OH excluding ortho intramolecular Hbond substituents is 1. The maximum absolute atomic E-state index is 16.1. The summed E-state index contributed by atoms with van der Waals surface area (Å²) in [6, 6.07) is 5.75. The summed E-state index contributed by atoms with van der Waals surface area (Å²) in [6.45, 7) is 5.92. The Morgan fingerprint density at radius 3 is 2.57 bits per heavy atom. The van der Waals surface area contributed by atoms with E-state index in [1.807, 2.05) is 19.1 Å². The lowest BCUT2D eigenvalue weighted by atomic mass is 9.50. The number of hydrogen-bond acceptors (Lipinski definition) is 4. The summed E-state index contributed by atoms with van der Waals surface area (Å²) in [6.07, 6.45) is 1.19. The van der Waals surface area contributed by atoms with E-state index in [2.05, 4.69) is 11.8 Å². The Hall–Kier alpha value is -1.13. The lowest BCUT2D eigenvalue weighted by Crippen LogP contribution is -2.54. The molecule has 4 aliphatic rings. The predicted molar refractivity (Wildman–Crippen MR) is 163 cm³/mol. The van der Waals surface area contributed by atoms with Crippen molar-refractivity contribution in [2.24, 2.45) is 23.2 Å². The van der Waals surface area contributed by atoms with Crippen LogP contribution >= 0.6 is 11.8 Å². The van der Waals surface area contributed by atoms with Gasteiger partial charge in [0.2, 0.25) is 0 Å². The summed E-state index contributed by atoms with van der Waals surface area (Å²) < 4.78 is 79.6. The van der Waals surface area contributed by atoms with Gasteiger partial charge < -0.3 is 10.2 Å². The van der Waals surface area contributed by atoms with Gasteiger partial charge in [0.25, 0.3) is 0 Å². The van der Waals surface area contributed by atoms with Gasteiger partial charge in [-0.1, -0.05) is 25.8 Å². The minimum absolute atomic E-state index is 0.155. The molecule has 44 heavy (non-hydrogen) atoms. The number of unbranched alkanes of at least 4 members (excludes halogenated alkanes) is 2. The van der Waals surface area contributed by atoms with Crippen LogP contribution in [0.3, 0.4) is 0 Å². The number of rotatable bonds is 12. The van der Waals surface area contributed by atoms with E-state index in [0.717, 1.165) is 81.3 Å². The molecule has 0 spiro atoms. The van der Waals surface area contributed by atoms with E-state index in [0.29, 0.717) is 30.6 Å². The molecule has 1 aliphatic heterocycles. The monoisotopic (exact) mass is 649 g/mol. The molecule has 8 atom stereocenters. The molecule has 3 nitrogen and oxygen atoms in total. The van der Waals surface area contributed by atoms with Crippen molar-refractivity contribution in [1.29, 1.82) is 0 Å². The van der Waals surface area contributed by atoms with Crippen LogP contribution in [0.15, 0.2) is 18.2 Å². The average molecular weight is 650 g/mol. The summed E-state index contributed by atoms with van der Waals surface area (Å²) >= 11 is 1.47. The summed E-state index contributed by atoms with van der Waals surface area (Å²) in [5.41, 5.74) is 0.789. The van der Waals surface area contributed by atoms with Crippen LogP contribution in [0.4, 0.5) is 26.3 Å². The number of phenols is 1. The van der Waals surface area contributed by atoms with Crippen molar-refractivity contribution in [3.05, 3.63) is 29.3 Å². The first-order valence-electron chi connectivity index (χ1n) is 16.6. The quantitative estimate of drug-likeness (QED) is 0.175. The number of benzene rings is 1. The number of nitrogens with zero attached hydrogens (tertiary/aromatic N) is 1. The number of thioether (sulfide) groups is 1. The zero-order valence-electron chi connectivity index (χ0n) is 26.0. The van der Waals surface area contributed by atoms with Crippen molar-refractivity contribution < 1.29 is 36.6 Å². The van der Waals surface area contributed by atoms with E-state index in [4.69, 9.17) is 0 Å². The predicted octanol–water partition coefficient (Wildman–Crippen LogP) is 8.91. The molecular formula is C34H49F6NO2S. The molecule has 0 bridgehead atoms. The van der Waals surface area contributed by atoms with Gasteiger partial charge in [-0.05, 0) is 125 Å². The summed E-state index contributed by atoms with van der Waals surface area (Å²) in [7, 11) is 0. The van der Waals surface area contributed by atoms with Gasteiger partial charge in [-0.3, -0.25) is 4.90 Å². The molecule has 2 saturated carbocycles. The molecule has 1 heterocycles. The SMILES string of the molecule is C[C@]1(O)CC[C@H]2[C@@H]3[C@H](CCCCCN4CCC[C@H]4CSCCCC(F)(F)C(F)(F)F)Cc4cc(O)ccc4[C@H]3[C@@H](F)C[C@@]21C. The zero-order valence-corrected chi connectivity index (χ0v) is 26.8. The van der Waals surface area contributed by atoms with Gasteiger partial charge in [0.05, 0.1) is 5.60 Å². The van der Waals surface area contributed by atoms with E-state index in [-0.39, 0.29) is 29.9 Å². The molecule has 2 N–H and O–H groups in total. The average Bonchev–Trinajstić information content (AvgIpc) is 3.47. The fourth-order valence-electron chi connectivity index (χ4n) is 9.32. The molecular weight excluding hydrogens is 600 g/mol. The largest absolute Gasteiger partial charge is 0.508 e. The highest BCUT2D eigenvalue weighted by Crippen LogP contribution is 2.66. The van der Waals surface area contributed by atoms with E-state index in [1.165, 1.54) is 11.8 Å². The standard InChI is InChI=1S/C34H49F6NO2S/c1-31-20-28(35)30-26-11-10-25(42)19-23(26)18-22(29(30)27(31)12-14-32(31,2)43)8-4-3-5-15-41-16-6-9-24(41)21-44-17-7-13-33(36,37)34(38,39)40/h10-11,19,22,24,27-30,42-43H,3-9,12-18,20-21H2,1-2H3/t22-,24+,27+,28+,29+,30+,31+,32+/m1/s1. The Labute approximate surface area is 262 Å². The number of hydrogen-bond donors (Lipinski definition) is 2. The summed E-state index contributed by atoms with van der Waals surface area (Å²) in [5.74, 6) is -2.80. The van der Waals surface area contributed by atoms with Crippen molar-refractivity contribution in [2.45, 2.75) is 127 Å². The second kappa shape index (κ2) is 13.2. The second-order valence-corrected chi connectivity index (χ2v) is 15.7. The van der Waals surface area contributed by atoms with E-state index in [9.17, 15) is 32.2 Å². The van der Waals surface area contributed by atoms with Gasteiger partial charge in [0.15, 0.2) is 0 Å². The smallest absolute Gasteiger partial charge is 0.453 e. The first-order chi connectivity index (χ1) is 20.6. The van der Waals surface area contributed by atoms with Gasteiger partial charge in [-0.2, -0.15) is 33.7 Å². The van der Waals surface area contributed by atoms with Crippen LogP contribution in [0.5, 0.6) is 5.75 Å². The Kier molecular flexibility index (Phi) is 10.2. The number of aliphatic hydroxyl groups is 1. The molecule has 250 valence electrons. The third kappa shape index (κ3) is 6.78. The number of aromatic hydroxyl groups is 1. The Morgan fingerprint density at radius 2 is 1.82 bits per heavy atom. The van der Waals surface area contributed by atoms with E-state index >= 15 is 4.39 Å². The topological polar surface area (TPSA) is 43.7 Å². The van der Waals surface area contributed by atoms with Crippen molar-refractivity contribution in [3.63, 3.8) is 0 Å². The maximum Gasteiger partial charge on any atom is 0.453 e. The summed E-state index contributed by atoms with van der Waals surface area (Å²) in [4.78, 5) is 2.44. The molecule has 0 unspecified atom stereocenters. The molecule has 1 aromatic carbocycles. The fraction of sp³-hybridized carbons (Fsp3) is 0.824. The number of fused-ring (bicyclic) bond motifs is 5. The number of alkyl halides is 6. The van der Waals surface area contributed by atoms with Crippen molar-refractivity contribution >= 4 is 11.8 Å². The normalized spacial score (nSPS) is 35.8. The zero-order chi connectivity index (χ0) is 31.9. The van der Waals surface area contributed by atoms with Crippen LogP contribution in [-0.4, -0.2) is 69.6 Å². The highest BCUT2D eigenvalue weighted by Gasteiger charge is 2.63. The van der Waals surface area contributed by atoms with Crippen molar-refractivity contribution in [2.75, 3.05) is 24.6 Å². The van der Waals surface area contributed by atoms with Crippen molar-refractivity contribution in [3.8, 4) is 5.75 Å². The Bertz CT molecular complexity index is 1130. The highest BCUT2D eigenvalue weighted by atomic mass is 32.2.